The third-order valence-corrected chi connectivity index (χ3v) is 4.89. The van der Waals surface area contributed by atoms with E-state index in [9.17, 15) is 9.59 Å². The van der Waals surface area contributed by atoms with Gasteiger partial charge in [0.05, 0.1) is 11.2 Å². The topological polar surface area (TPSA) is 75.6 Å². The number of ether oxygens (including phenoxy) is 1. The van der Waals surface area contributed by atoms with Crippen LogP contribution >= 0.6 is 11.3 Å². The average molecular weight is 346 g/mol. The number of fused-ring (bicyclic) bond motifs is 1. The third kappa shape index (κ3) is 3.38. The first-order valence-corrected chi connectivity index (χ1v) is 8.45. The van der Waals surface area contributed by atoms with E-state index in [-0.39, 0.29) is 25.0 Å². The molecule has 0 saturated heterocycles. The zero-order chi connectivity index (χ0) is 17.1. The van der Waals surface area contributed by atoms with Crippen molar-refractivity contribution in [3.63, 3.8) is 0 Å². The summed E-state index contributed by atoms with van der Waals surface area (Å²) >= 11 is 1.59. The number of carbonyl (C=O) groups excluding carboxylic acids is 2. The van der Waals surface area contributed by atoms with E-state index in [1.165, 1.54) is 9.78 Å². The summed E-state index contributed by atoms with van der Waals surface area (Å²) in [6.07, 6.45) is 2.33. The Labute approximate surface area is 143 Å². The van der Waals surface area contributed by atoms with Crippen LogP contribution in [0, 0.1) is 6.92 Å². The Hall–Kier alpha value is -2.48. The van der Waals surface area contributed by atoms with Gasteiger partial charge in [-0.05, 0) is 19.1 Å². The van der Waals surface area contributed by atoms with Gasteiger partial charge in [-0.25, -0.2) is 9.97 Å². The lowest BCUT2D eigenvalue weighted by Gasteiger charge is -2.29. The van der Waals surface area contributed by atoms with Gasteiger partial charge in [-0.15, -0.1) is 11.3 Å². The molecule has 1 aliphatic rings. The van der Waals surface area contributed by atoms with Crippen LogP contribution in [0.2, 0.25) is 0 Å². The summed E-state index contributed by atoms with van der Waals surface area (Å²) in [5, 5.41) is 0. The number of anilines is 1. The number of hydrogen-bond acceptors (Lipinski definition) is 6. The van der Waals surface area contributed by atoms with E-state index in [1.54, 1.807) is 41.6 Å². The summed E-state index contributed by atoms with van der Waals surface area (Å²) < 4.78 is 5.33. The van der Waals surface area contributed by atoms with Crippen molar-refractivity contribution in [1.29, 1.82) is 0 Å². The van der Waals surface area contributed by atoms with Gasteiger partial charge >= 0.3 is 0 Å². The Balaban J connectivity index is 1.63. The molecule has 0 N–H and O–H groups in total. The molecule has 1 aliphatic heterocycles. The van der Waals surface area contributed by atoms with Crippen molar-refractivity contribution in [1.82, 2.24) is 14.9 Å². The molecule has 3 rings (SSSR count). The maximum absolute atomic E-state index is 12.5. The Kier molecular flexibility index (Phi) is 4.75. The molecule has 0 saturated carbocycles. The van der Waals surface area contributed by atoms with E-state index in [0.717, 1.165) is 12.1 Å². The summed E-state index contributed by atoms with van der Waals surface area (Å²) in [6, 6.07) is 3.47. The zero-order valence-electron chi connectivity index (χ0n) is 13.6. The molecule has 0 unspecified atom stereocenters. The highest BCUT2D eigenvalue weighted by Crippen LogP contribution is 2.28. The summed E-state index contributed by atoms with van der Waals surface area (Å²) in [7, 11) is 1.74. The number of carbonyl (C=O) groups is 2. The van der Waals surface area contributed by atoms with E-state index in [0.29, 0.717) is 18.1 Å². The van der Waals surface area contributed by atoms with Crippen molar-refractivity contribution in [3.8, 4) is 5.75 Å². The monoisotopic (exact) mass is 346 g/mol. The van der Waals surface area contributed by atoms with Gasteiger partial charge in [0.1, 0.15) is 6.54 Å². The molecule has 24 heavy (non-hydrogen) atoms. The number of rotatable bonds is 5. The first kappa shape index (κ1) is 16.4. The Morgan fingerprint density at radius 1 is 1.46 bits per heavy atom. The molecule has 0 aromatic carbocycles. The minimum absolute atomic E-state index is 0.0373. The minimum Gasteiger partial charge on any atom is -0.480 e. The maximum Gasteiger partial charge on any atom is 0.266 e. The van der Waals surface area contributed by atoms with Crippen LogP contribution in [-0.2, 0) is 16.0 Å². The lowest BCUT2D eigenvalue weighted by molar-refractivity contribution is -0.131. The molecule has 8 heteroatoms. The second-order valence-electron chi connectivity index (χ2n) is 5.52. The normalized spacial score (nSPS) is 13.4. The highest BCUT2D eigenvalue weighted by molar-refractivity contribution is 7.09. The molecule has 0 aliphatic carbocycles. The highest BCUT2D eigenvalue weighted by atomic mass is 32.1. The largest absolute Gasteiger partial charge is 0.480 e. The first-order valence-electron chi connectivity index (χ1n) is 7.57. The quantitative estimate of drug-likeness (QED) is 0.815. The fraction of sp³-hybridized carbons (Fsp3) is 0.375. The Morgan fingerprint density at radius 2 is 2.29 bits per heavy atom. The summed E-state index contributed by atoms with van der Waals surface area (Å²) in [5.41, 5.74) is 2.81. The van der Waals surface area contributed by atoms with Gasteiger partial charge in [-0.2, -0.15) is 0 Å². The molecule has 2 aromatic rings. The number of aryl methyl sites for hydroxylation is 1. The van der Waals surface area contributed by atoms with Crippen LogP contribution in [0.5, 0.6) is 5.75 Å². The van der Waals surface area contributed by atoms with E-state index in [2.05, 4.69) is 9.97 Å². The van der Waals surface area contributed by atoms with Gasteiger partial charge < -0.3 is 9.64 Å². The summed E-state index contributed by atoms with van der Waals surface area (Å²) in [5.74, 6) is 0.520. The number of likely N-dealkylation sites (N-methyl/N-ethyl adjacent to an activating group) is 1. The van der Waals surface area contributed by atoms with Crippen LogP contribution < -0.4 is 9.64 Å². The molecular weight excluding hydrogens is 328 g/mol. The fourth-order valence-electron chi connectivity index (χ4n) is 2.41. The molecule has 0 bridgehead atoms. The van der Waals surface area contributed by atoms with Gasteiger partial charge in [-0.3, -0.25) is 14.5 Å². The van der Waals surface area contributed by atoms with Crippen LogP contribution in [0.4, 0.5) is 5.82 Å². The van der Waals surface area contributed by atoms with Crippen molar-refractivity contribution >= 4 is 29.0 Å². The van der Waals surface area contributed by atoms with Crippen LogP contribution in [0.1, 0.15) is 10.6 Å². The number of nitrogens with zero attached hydrogens (tertiary/aromatic N) is 4. The zero-order valence-corrected chi connectivity index (χ0v) is 14.4. The van der Waals surface area contributed by atoms with E-state index >= 15 is 0 Å². The molecular formula is C16H18N4O3S. The number of aromatic nitrogens is 2. The molecule has 0 atom stereocenters. The Bertz CT molecular complexity index is 761. The molecule has 0 spiro atoms. The predicted molar refractivity (Wildman–Crippen MR) is 90.3 cm³/mol. The van der Waals surface area contributed by atoms with Crippen LogP contribution in [-0.4, -0.2) is 53.4 Å². The lowest BCUT2D eigenvalue weighted by atomic mass is 10.2. The first-order chi connectivity index (χ1) is 11.6. The highest BCUT2D eigenvalue weighted by Gasteiger charge is 2.29. The molecule has 7 nitrogen and oxygen atoms in total. The van der Waals surface area contributed by atoms with Crippen molar-refractivity contribution in [2.75, 3.05) is 31.6 Å². The standard InChI is InChI=1S/C16H18N4O3S/c1-11-13(24-10-18-11)5-7-19(2)14(21)8-20-15(22)9-23-12-4-3-6-17-16(12)20/h3-4,6,10H,5,7-9H2,1-2H3. The molecule has 2 amide bonds. The molecule has 126 valence electrons. The minimum atomic E-state index is -0.263. The summed E-state index contributed by atoms with van der Waals surface area (Å²) in [6.45, 7) is 2.43. The molecule has 0 radical (unpaired) electrons. The molecule has 3 heterocycles. The fourth-order valence-corrected chi connectivity index (χ4v) is 3.18. The van der Waals surface area contributed by atoms with Crippen LogP contribution in [0.3, 0.4) is 0 Å². The van der Waals surface area contributed by atoms with E-state index < -0.39 is 0 Å². The van der Waals surface area contributed by atoms with E-state index in [4.69, 9.17) is 4.74 Å². The smallest absolute Gasteiger partial charge is 0.266 e. The van der Waals surface area contributed by atoms with Gasteiger partial charge in [0.15, 0.2) is 18.2 Å². The van der Waals surface area contributed by atoms with Crippen LogP contribution in [0.15, 0.2) is 23.8 Å². The lowest BCUT2D eigenvalue weighted by Crippen LogP contribution is -2.46. The average Bonchev–Trinajstić information content (AvgIpc) is 3.00. The SMILES string of the molecule is Cc1ncsc1CCN(C)C(=O)CN1C(=O)COc2cccnc21. The van der Waals surface area contributed by atoms with E-state index in [1.807, 2.05) is 12.4 Å². The van der Waals surface area contributed by atoms with Crippen molar-refractivity contribution < 1.29 is 14.3 Å². The maximum atomic E-state index is 12.5. The van der Waals surface area contributed by atoms with Gasteiger partial charge in [0.2, 0.25) is 5.91 Å². The predicted octanol–water partition coefficient (Wildman–Crippen LogP) is 1.27. The molecule has 2 aromatic heterocycles. The second kappa shape index (κ2) is 6.96. The number of hydrogen-bond donors (Lipinski definition) is 0. The summed E-state index contributed by atoms with van der Waals surface area (Å²) in [4.78, 5) is 37.1. The third-order valence-electron chi connectivity index (χ3n) is 3.90. The van der Waals surface area contributed by atoms with Crippen LogP contribution in [0.25, 0.3) is 0 Å². The van der Waals surface area contributed by atoms with Crippen molar-refractivity contribution in [2.24, 2.45) is 0 Å². The van der Waals surface area contributed by atoms with Gasteiger partial charge in [-0.1, -0.05) is 0 Å². The number of amides is 2. The second-order valence-corrected chi connectivity index (χ2v) is 6.46. The van der Waals surface area contributed by atoms with Crippen molar-refractivity contribution in [2.45, 2.75) is 13.3 Å². The van der Waals surface area contributed by atoms with Gasteiger partial charge in [0.25, 0.3) is 5.91 Å². The molecule has 0 fully saturated rings. The number of pyridine rings is 1. The number of thiazole rings is 1. The van der Waals surface area contributed by atoms with Gasteiger partial charge in [0, 0.05) is 31.1 Å². The van der Waals surface area contributed by atoms with Crippen molar-refractivity contribution in [3.05, 3.63) is 34.4 Å². The Morgan fingerprint density at radius 3 is 3.04 bits per heavy atom.